The van der Waals surface area contributed by atoms with Crippen LogP contribution in [0.25, 0.3) is 0 Å². The number of carbonyl (C=O) groups excluding carboxylic acids is 1. The zero-order valence-electron chi connectivity index (χ0n) is 20.8. The van der Waals surface area contributed by atoms with Crippen molar-refractivity contribution in [1.82, 2.24) is 15.5 Å². The van der Waals surface area contributed by atoms with Crippen molar-refractivity contribution in [2.45, 2.75) is 64.9 Å². The number of halogens is 1. The summed E-state index contributed by atoms with van der Waals surface area (Å²) >= 11 is 0. The molecule has 0 aromatic heterocycles. The molecule has 0 fully saturated rings. The maximum atomic E-state index is 11.8. The second-order valence-electron chi connectivity index (χ2n) is 9.07. The fraction of sp³-hybridized carbons (Fsp3) is 0.667. The van der Waals surface area contributed by atoms with Gasteiger partial charge in [0, 0.05) is 25.8 Å². The maximum Gasteiger partial charge on any atom is 0.412 e. The monoisotopic (exact) mass is 561 g/mol. The van der Waals surface area contributed by atoms with Gasteiger partial charge in [-0.15, -0.1) is 24.0 Å². The number of carbonyl (C=O) groups is 1. The van der Waals surface area contributed by atoms with Gasteiger partial charge in [-0.05, 0) is 78.4 Å². The molecule has 0 radical (unpaired) electrons. The van der Waals surface area contributed by atoms with Gasteiger partial charge >= 0.3 is 6.09 Å². The van der Waals surface area contributed by atoms with E-state index in [1.807, 2.05) is 45.0 Å². The summed E-state index contributed by atoms with van der Waals surface area (Å²) in [4.78, 5) is 18.4. The molecular formula is C24H44IN5O2. The lowest BCUT2D eigenvalue weighted by atomic mass is 10.1. The minimum Gasteiger partial charge on any atom is -0.444 e. The number of unbranched alkanes of at least 4 members (excludes halogenated alkanes) is 4. The van der Waals surface area contributed by atoms with Crippen molar-refractivity contribution >= 4 is 41.7 Å². The molecule has 0 aliphatic rings. The van der Waals surface area contributed by atoms with Gasteiger partial charge < -0.3 is 20.3 Å². The predicted molar refractivity (Wildman–Crippen MR) is 146 cm³/mol. The van der Waals surface area contributed by atoms with Crippen LogP contribution in [0.1, 0.15) is 58.4 Å². The van der Waals surface area contributed by atoms with E-state index in [2.05, 4.69) is 39.9 Å². The molecule has 0 spiro atoms. The first-order chi connectivity index (χ1) is 14.7. The van der Waals surface area contributed by atoms with E-state index < -0.39 is 11.7 Å². The molecule has 184 valence electrons. The molecule has 0 unspecified atom stereocenters. The standard InChI is InChI=1S/C24H43N5O2.HI/c1-24(2,3)31-23(30)28-21-14-12-20(13-15-21)16-18-27-22(25-4)26-17-10-8-7-9-11-19-29(5)6;/h12-15H,7-11,16-19H2,1-6H3,(H,28,30)(H2,25,26,27);1H. The number of nitrogens with one attached hydrogen (secondary N) is 3. The van der Waals surface area contributed by atoms with Crippen molar-refractivity contribution < 1.29 is 9.53 Å². The van der Waals surface area contributed by atoms with E-state index >= 15 is 0 Å². The second kappa shape index (κ2) is 17.0. The number of hydrogen-bond acceptors (Lipinski definition) is 4. The smallest absolute Gasteiger partial charge is 0.412 e. The molecular weight excluding hydrogens is 517 g/mol. The summed E-state index contributed by atoms with van der Waals surface area (Å²) in [6.45, 7) is 8.45. The molecule has 0 aliphatic carbocycles. The molecule has 7 nitrogen and oxygen atoms in total. The van der Waals surface area contributed by atoms with E-state index in [4.69, 9.17) is 4.74 Å². The van der Waals surface area contributed by atoms with Crippen LogP contribution in [0.2, 0.25) is 0 Å². The lowest BCUT2D eigenvalue weighted by molar-refractivity contribution is 0.0636. The highest BCUT2D eigenvalue weighted by Crippen LogP contribution is 2.13. The van der Waals surface area contributed by atoms with Gasteiger partial charge in [0.2, 0.25) is 0 Å². The summed E-state index contributed by atoms with van der Waals surface area (Å²) in [5, 5.41) is 9.49. The van der Waals surface area contributed by atoms with Gasteiger partial charge in [0.25, 0.3) is 0 Å². The van der Waals surface area contributed by atoms with Gasteiger partial charge in [0.15, 0.2) is 5.96 Å². The Morgan fingerprint density at radius 1 is 0.969 bits per heavy atom. The van der Waals surface area contributed by atoms with Crippen LogP contribution in [0, 0.1) is 0 Å². The number of amides is 1. The quantitative estimate of drug-likeness (QED) is 0.147. The number of nitrogens with zero attached hydrogens (tertiary/aromatic N) is 2. The molecule has 1 aromatic carbocycles. The molecule has 0 saturated carbocycles. The Balaban J connectivity index is 0.00000961. The van der Waals surface area contributed by atoms with Crippen LogP contribution in [-0.4, -0.2) is 63.3 Å². The first-order valence-corrected chi connectivity index (χ1v) is 11.4. The topological polar surface area (TPSA) is 78.0 Å². The summed E-state index contributed by atoms with van der Waals surface area (Å²) in [5.41, 5.74) is 1.41. The number of hydrogen-bond donors (Lipinski definition) is 3. The number of aliphatic imine (C=N–C) groups is 1. The molecule has 1 aromatic rings. The average Bonchev–Trinajstić information content (AvgIpc) is 2.68. The van der Waals surface area contributed by atoms with Crippen LogP contribution in [0.4, 0.5) is 10.5 Å². The molecule has 0 saturated heterocycles. The summed E-state index contributed by atoms with van der Waals surface area (Å²) in [5.74, 6) is 0.843. The number of ether oxygens (including phenoxy) is 1. The molecule has 0 aliphatic heterocycles. The number of anilines is 1. The molecule has 1 rings (SSSR count). The highest BCUT2D eigenvalue weighted by Gasteiger charge is 2.16. The largest absolute Gasteiger partial charge is 0.444 e. The zero-order valence-corrected chi connectivity index (χ0v) is 23.1. The number of guanidine groups is 1. The third kappa shape index (κ3) is 16.1. The van der Waals surface area contributed by atoms with Crippen LogP contribution in [0.5, 0.6) is 0 Å². The number of rotatable bonds is 12. The Morgan fingerprint density at radius 3 is 2.16 bits per heavy atom. The highest BCUT2D eigenvalue weighted by atomic mass is 127. The van der Waals surface area contributed by atoms with Crippen molar-refractivity contribution in [3.63, 3.8) is 0 Å². The van der Waals surface area contributed by atoms with Gasteiger partial charge in [0.05, 0.1) is 0 Å². The normalized spacial score (nSPS) is 11.7. The van der Waals surface area contributed by atoms with E-state index in [9.17, 15) is 4.79 Å². The van der Waals surface area contributed by atoms with Crippen LogP contribution in [-0.2, 0) is 11.2 Å². The minimum atomic E-state index is -0.506. The SMILES string of the molecule is CN=C(NCCCCCCCN(C)C)NCCc1ccc(NC(=O)OC(C)(C)C)cc1.I. The summed E-state index contributed by atoms with van der Waals surface area (Å²) < 4.78 is 5.27. The molecule has 1 amide bonds. The Morgan fingerprint density at radius 2 is 1.56 bits per heavy atom. The van der Waals surface area contributed by atoms with Crippen molar-refractivity contribution in [2.75, 3.05) is 46.1 Å². The molecule has 0 heterocycles. The van der Waals surface area contributed by atoms with Crippen LogP contribution >= 0.6 is 24.0 Å². The fourth-order valence-electron chi connectivity index (χ4n) is 3.01. The van der Waals surface area contributed by atoms with Gasteiger partial charge in [-0.1, -0.05) is 31.4 Å². The van der Waals surface area contributed by atoms with E-state index in [1.165, 1.54) is 37.8 Å². The summed E-state index contributed by atoms with van der Waals surface area (Å²) in [6, 6.07) is 7.82. The fourth-order valence-corrected chi connectivity index (χ4v) is 3.01. The van der Waals surface area contributed by atoms with Gasteiger partial charge in [0.1, 0.15) is 5.60 Å². The van der Waals surface area contributed by atoms with Gasteiger partial charge in [-0.2, -0.15) is 0 Å². The minimum absolute atomic E-state index is 0. The van der Waals surface area contributed by atoms with E-state index in [0.717, 1.165) is 37.6 Å². The van der Waals surface area contributed by atoms with E-state index in [0.29, 0.717) is 0 Å². The van der Waals surface area contributed by atoms with Crippen molar-refractivity contribution in [3.8, 4) is 0 Å². The lowest BCUT2D eigenvalue weighted by Gasteiger charge is -2.19. The maximum absolute atomic E-state index is 11.8. The van der Waals surface area contributed by atoms with Crippen molar-refractivity contribution in [3.05, 3.63) is 29.8 Å². The Hall–Kier alpha value is -1.55. The average molecular weight is 562 g/mol. The van der Waals surface area contributed by atoms with E-state index in [-0.39, 0.29) is 24.0 Å². The Labute approximate surface area is 212 Å². The number of benzene rings is 1. The predicted octanol–water partition coefficient (Wildman–Crippen LogP) is 4.87. The zero-order chi connectivity index (χ0) is 23.1. The lowest BCUT2D eigenvalue weighted by Crippen LogP contribution is -2.38. The first kappa shape index (κ1) is 30.4. The first-order valence-electron chi connectivity index (χ1n) is 11.4. The van der Waals surface area contributed by atoms with Gasteiger partial charge in [-0.3, -0.25) is 10.3 Å². The summed E-state index contributed by atoms with van der Waals surface area (Å²) in [7, 11) is 6.05. The van der Waals surface area contributed by atoms with Crippen molar-refractivity contribution in [2.24, 2.45) is 4.99 Å². The molecule has 3 N–H and O–H groups in total. The molecule has 32 heavy (non-hydrogen) atoms. The third-order valence-electron chi connectivity index (χ3n) is 4.60. The van der Waals surface area contributed by atoms with Gasteiger partial charge in [-0.25, -0.2) is 4.79 Å². The van der Waals surface area contributed by atoms with Crippen molar-refractivity contribution in [1.29, 1.82) is 0 Å². The second-order valence-corrected chi connectivity index (χ2v) is 9.07. The van der Waals surface area contributed by atoms with Crippen LogP contribution < -0.4 is 16.0 Å². The Kier molecular flexibility index (Phi) is 16.2. The highest BCUT2D eigenvalue weighted by molar-refractivity contribution is 14.0. The third-order valence-corrected chi connectivity index (χ3v) is 4.60. The van der Waals surface area contributed by atoms with E-state index in [1.54, 1.807) is 7.05 Å². The Bertz CT molecular complexity index is 657. The van der Waals surface area contributed by atoms with Crippen LogP contribution in [0.3, 0.4) is 0 Å². The van der Waals surface area contributed by atoms with Crippen LogP contribution in [0.15, 0.2) is 29.3 Å². The molecule has 8 heteroatoms. The summed E-state index contributed by atoms with van der Waals surface area (Å²) in [6.07, 6.45) is 6.72. The molecule has 0 atom stereocenters. The molecule has 0 bridgehead atoms.